The molecule has 2 amide bonds. The fourth-order valence-electron chi connectivity index (χ4n) is 3.87. The van der Waals surface area contributed by atoms with E-state index in [9.17, 15) is 9.00 Å². The Hall–Kier alpha value is -1.36. The van der Waals surface area contributed by atoms with Gasteiger partial charge in [-0.1, -0.05) is 30.3 Å². The maximum Gasteiger partial charge on any atom is 0.318 e. The van der Waals surface area contributed by atoms with E-state index in [1.165, 1.54) is 5.56 Å². The normalized spacial score (nSPS) is 29.6. The number of benzene rings is 1. The molecule has 1 N–H and O–H groups in total. The van der Waals surface area contributed by atoms with Crippen molar-refractivity contribution in [2.45, 2.75) is 37.1 Å². The monoisotopic (exact) mass is 320 g/mol. The highest BCUT2D eigenvalue weighted by Crippen LogP contribution is 2.42. The summed E-state index contributed by atoms with van der Waals surface area (Å²) in [6.07, 6.45) is 5.99. The van der Waals surface area contributed by atoms with Gasteiger partial charge in [-0.05, 0) is 37.2 Å². The molecule has 0 aromatic heterocycles. The molecule has 4 nitrogen and oxygen atoms in total. The number of carbonyl (C=O) groups is 1. The second-order valence-electron chi connectivity index (χ2n) is 6.50. The molecule has 1 unspecified atom stereocenters. The smallest absolute Gasteiger partial charge is 0.318 e. The lowest BCUT2D eigenvalue weighted by molar-refractivity contribution is 0.118. The number of hydrogen-bond acceptors (Lipinski definition) is 2. The molecule has 1 aromatic carbocycles. The lowest BCUT2D eigenvalue weighted by atomic mass is 9.74. The van der Waals surface area contributed by atoms with Gasteiger partial charge >= 0.3 is 6.03 Å². The number of carbonyl (C=O) groups excluding carboxylic acids is 1. The molecule has 1 saturated carbocycles. The third kappa shape index (κ3) is 3.05. The summed E-state index contributed by atoms with van der Waals surface area (Å²) in [4.78, 5) is 14.1. The molecule has 0 radical (unpaired) electrons. The summed E-state index contributed by atoms with van der Waals surface area (Å²) in [6, 6.07) is 10.7. The number of nitrogens with zero attached hydrogens (tertiary/aromatic N) is 1. The number of nitrogens with one attached hydrogen (secondary N) is 1. The summed E-state index contributed by atoms with van der Waals surface area (Å²) in [7, 11) is -0.856. The highest BCUT2D eigenvalue weighted by molar-refractivity contribution is 7.84. The zero-order valence-corrected chi connectivity index (χ0v) is 13.9. The number of rotatable bonds is 4. The van der Waals surface area contributed by atoms with Gasteiger partial charge in [0, 0.05) is 35.9 Å². The van der Waals surface area contributed by atoms with Gasteiger partial charge in [-0.2, -0.15) is 0 Å². The molecule has 2 aliphatic rings. The highest BCUT2D eigenvalue weighted by atomic mass is 32.2. The topological polar surface area (TPSA) is 49.4 Å². The van der Waals surface area contributed by atoms with E-state index in [4.69, 9.17) is 0 Å². The zero-order valence-electron chi connectivity index (χ0n) is 13.1. The van der Waals surface area contributed by atoms with Crippen LogP contribution < -0.4 is 5.32 Å². The molecule has 3 rings (SSSR count). The Bertz CT molecular complexity index is 553. The Balaban J connectivity index is 1.67. The van der Waals surface area contributed by atoms with E-state index >= 15 is 0 Å². The Kier molecular flexibility index (Phi) is 4.52. The van der Waals surface area contributed by atoms with Crippen molar-refractivity contribution in [3.05, 3.63) is 35.9 Å². The minimum absolute atomic E-state index is 0.0172. The van der Waals surface area contributed by atoms with Gasteiger partial charge in [-0.15, -0.1) is 0 Å². The summed E-state index contributed by atoms with van der Waals surface area (Å²) in [6.45, 7) is 1.34. The number of hydrogen-bond donors (Lipinski definition) is 1. The second-order valence-corrected chi connectivity index (χ2v) is 8.05. The van der Waals surface area contributed by atoms with Gasteiger partial charge in [0.2, 0.25) is 0 Å². The first-order chi connectivity index (χ1) is 10.6. The first kappa shape index (κ1) is 15.5. The summed E-state index contributed by atoms with van der Waals surface area (Å²) in [5.41, 5.74) is 1.36. The van der Waals surface area contributed by atoms with Crippen molar-refractivity contribution in [2.24, 2.45) is 0 Å². The molecular formula is C17H24N2O2S. The van der Waals surface area contributed by atoms with Crippen LogP contribution in [0.4, 0.5) is 4.79 Å². The average molecular weight is 320 g/mol. The van der Waals surface area contributed by atoms with Crippen LogP contribution in [0.1, 0.15) is 37.2 Å². The van der Waals surface area contributed by atoms with Crippen molar-refractivity contribution in [1.29, 1.82) is 0 Å². The van der Waals surface area contributed by atoms with Crippen molar-refractivity contribution >= 4 is 16.8 Å². The van der Waals surface area contributed by atoms with Gasteiger partial charge < -0.3 is 10.2 Å². The predicted molar refractivity (Wildman–Crippen MR) is 89.4 cm³/mol. The Morgan fingerprint density at radius 1 is 1.27 bits per heavy atom. The van der Waals surface area contributed by atoms with Crippen molar-refractivity contribution < 1.29 is 9.00 Å². The lowest BCUT2D eigenvalue weighted by Crippen LogP contribution is -2.50. The fraction of sp³-hybridized carbons (Fsp3) is 0.588. The van der Waals surface area contributed by atoms with E-state index in [2.05, 4.69) is 35.6 Å². The SMILES string of the molecule is CS(=O)CCN1C(=O)NCC12CCC(c1ccccc1)CC2. The summed E-state index contributed by atoms with van der Waals surface area (Å²) < 4.78 is 11.4. The molecule has 1 heterocycles. The van der Waals surface area contributed by atoms with E-state index in [0.29, 0.717) is 18.2 Å². The second kappa shape index (κ2) is 6.41. The molecule has 1 atom stereocenters. The van der Waals surface area contributed by atoms with Gasteiger partial charge in [0.1, 0.15) is 0 Å². The minimum atomic E-state index is -0.856. The molecule has 0 bridgehead atoms. The van der Waals surface area contributed by atoms with E-state index in [1.807, 2.05) is 4.90 Å². The van der Waals surface area contributed by atoms with Crippen LogP contribution in [-0.4, -0.2) is 45.8 Å². The molecule has 5 heteroatoms. The molecule has 22 heavy (non-hydrogen) atoms. The summed E-state index contributed by atoms with van der Waals surface area (Å²) >= 11 is 0. The van der Waals surface area contributed by atoms with Crippen LogP contribution >= 0.6 is 0 Å². The van der Waals surface area contributed by atoms with Gasteiger partial charge in [0.25, 0.3) is 0 Å². The average Bonchev–Trinajstić information content (AvgIpc) is 2.83. The zero-order chi connectivity index (χ0) is 15.6. The molecule has 120 valence electrons. The Labute approximate surface area is 134 Å². The van der Waals surface area contributed by atoms with Crippen LogP contribution in [-0.2, 0) is 10.8 Å². The van der Waals surface area contributed by atoms with Crippen LogP contribution in [0.5, 0.6) is 0 Å². The summed E-state index contributed by atoms with van der Waals surface area (Å²) in [5, 5.41) is 3.00. The minimum Gasteiger partial charge on any atom is -0.336 e. The van der Waals surface area contributed by atoms with E-state index in [1.54, 1.807) is 6.26 Å². The lowest BCUT2D eigenvalue weighted by Gasteiger charge is -2.42. The van der Waals surface area contributed by atoms with E-state index < -0.39 is 10.8 Å². The summed E-state index contributed by atoms with van der Waals surface area (Å²) in [5.74, 6) is 1.17. The van der Waals surface area contributed by atoms with Crippen molar-refractivity contribution in [3.63, 3.8) is 0 Å². The largest absolute Gasteiger partial charge is 0.336 e. The van der Waals surface area contributed by atoms with Crippen LogP contribution in [0, 0.1) is 0 Å². The highest BCUT2D eigenvalue weighted by Gasteiger charge is 2.47. The maximum absolute atomic E-state index is 12.1. The standard InChI is InChI=1S/C17H24N2O2S/c1-22(21)12-11-19-16(20)18-13-17(19)9-7-15(8-10-17)14-5-3-2-4-6-14/h2-6,15H,7-13H2,1H3,(H,18,20). The van der Waals surface area contributed by atoms with Crippen LogP contribution in [0.3, 0.4) is 0 Å². The quantitative estimate of drug-likeness (QED) is 0.926. The fourth-order valence-corrected chi connectivity index (χ4v) is 4.31. The van der Waals surface area contributed by atoms with Gasteiger partial charge in [-0.3, -0.25) is 4.21 Å². The molecule has 2 fully saturated rings. The van der Waals surface area contributed by atoms with Crippen molar-refractivity contribution in [1.82, 2.24) is 10.2 Å². The van der Waals surface area contributed by atoms with Crippen LogP contribution in [0.2, 0.25) is 0 Å². The van der Waals surface area contributed by atoms with Crippen molar-refractivity contribution in [2.75, 3.05) is 25.1 Å². The van der Waals surface area contributed by atoms with Crippen LogP contribution in [0.25, 0.3) is 0 Å². The molecule has 1 aliphatic heterocycles. The first-order valence-electron chi connectivity index (χ1n) is 8.01. The number of amides is 2. The first-order valence-corrected chi connectivity index (χ1v) is 9.74. The van der Waals surface area contributed by atoms with E-state index in [-0.39, 0.29) is 11.6 Å². The Morgan fingerprint density at radius 3 is 2.59 bits per heavy atom. The number of urea groups is 1. The van der Waals surface area contributed by atoms with Gasteiger partial charge in [-0.25, -0.2) is 4.79 Å². The molecule has 1 spiro atoms. The maximum atomic E-state index is 12.1. The van der Waals surface area contributed by atoms with E-state index in [0.717, 1.165) is 32.2 Å². The third-order valence-electron chi connectivity index (χ3n) is 5.18. The van der Waals surface area contributed by atoms with Gasteiger partial charge in [0.15, 0.2) is 0 Å². The molecule has 1 aliphatic carbocycles. The molecule has 1 aromatic rings. The Morgan fingerprint density at radius 2 is 1.95 bits per heavy atom. The van der Waals surface area contributed by atoms with Gasteiger partial charge in [0.05, 0.1) is 5.54 Å². The molecule has 1 saturated heterocycles. The van der Waals surface area contributed by atoms with Crippen LogP contribution in [0.15, 0.2) is 30.3 Å². The third-order valence-corrected chi connectivity index (χ3v) is 5.93. The molecular weight excluding hydrogens is 296 g/mol. The predicted octanol–water partition coefficient (Wildman–Crippen LogP) is 2.49. The van der Waals surface area contributed by atoms with Crippen molar-refractivity contribution in [3.8, 4) is 0 Å².